The van der Waals surface area contributed by atoms with Crippen molar-refractivity contribution in [3.05, 3.63) is 47.8 Å². The van der Waals surface area contributed by atoms with Crippen molar-refractivity contribution >= 4 is 34.1 Å². The standard InChI is InChI=1S/C25H31FN6O3/c1-14(13-34-2)35-22-10-8-15-7-9-16(11-21(15)30-22)29-24-17(23(28)33)12-18(26)25(32-24)31-20-6-4-3-5-19(20)27/h7-12,14,19-20H,3-6,13,27H2,1-2H3,(H2,28,33)(H2,29,31,32). The van der Waals surface area contributed by atoms with Gasteiger partial charge in [-0.1, -0.05) is 18.9 Å². The zero-order valence-corrected chi connectivity index (χ0v) is 19.9. The molecule has 3 unspecified atom stereocenters. The number of primary amides is 1. The first kappa shape index (κ1) is 24.6. The number of ether oxygens (including phenoxy) is 2. The third-order valence-electron chi connectivity index (χ3n) is 6.04. The molecule has 6 N–H and O–H groups in total. The van der Waals surface area contributed by atoms with Gasteiger partial charge in [0, 0.05) is 36.3 Å². The summed E-state index contributed by atoms with van der Waals surface area (Å²) < 4.78 is 25.7. The van der Waals surface area contributed by atoms with Crippen molar-refractivity contribution in [1.82, 2.24) is 9.97 Å². The van der Waals surface area contributed by atoms with Gasteiger partial charge in [-0.05, 0) is 44.0 Å². The fourth-order valence-corrected chi connectivity index (χ4v) is 4.24. The Morgan fingerprint density at radius 1 is 1.17 bits per heavy atom. The minimum Gasteiger partial charge on any atom is -0.472 e. The number of nitrogens with one attached hydrogen (secondary N) is 2. The lowest BCUT2D eigenvalue weighted by Crippen LogP contribution is -2.43. The van der Waals surface area contributed by atoms with Gasteiger partial charge in [-0.15, -0.1) is 0 Å². The molecule has 10 heteroatoms. The summed E-state index contributed by atoms with van der Waals surface area (Å²) in [6.45, 7) is 2.33. The van der Waals surface area contributed by atoms with E-state index in [0.29, 0.717) is 23.7 Å². The molecule has 2 heterocycles. The van der Waals surface area contributed by atoms with E-state index in [1.165, 1.54) is 0 Å². The molecule has 3 atom stereocenters. The van der Waals surface area contributed by atoms with Crippen molar-refractivity contribution in [2.24, 2.45) is 11.5 Å². The number of pyridine rings is 2. The molecule has 4 rings (SSSR count). The minimum absolute atomic E-state index is 0.0292. The van der Waals surface area contributed by atoms with Gasteiger partial charge in [0.15, 0.2) is 11.6 Å². The fraction of sp³-hybridized carbons (Fsp3) is 0.400. The first-order valence-corrected chi connectivity index (χ1v) is 11.7. The lowest BCUT2D eigenvalue weighted by Gasteiger charge is -2.30. The predicted octanol–water partition coefficient (Wildman–Crippen LogP) is 3.71. The average molecular weight is 483 g/mol. The Morgan fingerprint density at radius 3 is 2.69 bits per heavy atom. The van der Waals surface area contributed by atoms with Crippen molar-refractivity contribution in [1.29, 1.82) is 0 Å². The van der Waals surface area contributed by atoms with E-state index in [4.69, 9.17) is 20.9 Å². The van der Waals surface area contributed by atoms with E-state index in [0.717, 1.165) is 37.1 Å². The number of methoxy groups -OCH3 is 1. The van der Waals surface area contributed by atoms with Crippen molar-refractivity contribution in [3.8, 4) is 5.88 Å². The van der Waals surface area contributed by atoms with Crippen LogP contribution in [0.2, 0.25) is 0 Å². The molecule has 1 aromatic carbocycles. The lowest BCUT2D eigenvalue weighted by atomic mass is 9.91. The number of benzene rings is 1. The maximum absolute atomic E-state index is 14.8. The van der Waals surface area contributed by atoms with E-state index in [9.17, 15) is 9.18 Å². The molecule has 0 aliphatic heterocycles. The van der Waals surface area contributed by atoms with Crippen molar-refractivity contribution in [3.63, 3.8) is 0 Å². The van der Waals surface area contributed by atoms with Gasteiger partial charge >= 0.3 is 0 Å². The maximum Gasteiger partial charge on any atom is 0.252 e. The molecular weight excluding hydrogens is 451 g/mol. The van der Waals surface area contributed by atoms with Gasteiger partial charge in [0.05, 0.1) is 17.7 Å². The number of hydrogen-bond acceptors (Lipinski definition) is 8. The molecule has 35 heavy (non-hydrogen) atoms. The number of nitrogens with zero attached hydrogens (tertiary/aromatic N) is 2. The van der Waals surface area contributed by atoms with E-state index in [-0.39, 0.29) is 35.4 Å². The van der Waals surface area contributed by atoms with Gasteiger partial charge in [0.25, 0.3) is 5.91 Å². The summed E-state index contributed by atoms with van der Waals surface area (Å²) in [5.74, 6) is -0.809. The number of carbonyl (C=O) groups excluding carboxylic acids is 1. The van der Waals surface area contributed by atoms with Crippen molar-refractivity contribution in [2.75, 3.05) is 24.4 Å². The van der Waals surface area contributed by atoms with Crippen LogP contribution < -0.4 is 26.8 Å². The number of aromatic nitrogens is 2. The second kappa shape index (κ2) is 10.8. The second-order valence-corrected chi connectivity index (χ2v) is 8.84. The highest BCUT2D eigenvalue weighted by Crippen LogP contribution is 2.28. The highest BCUT2D eigenvalue weighted by Gasteiger charge is 2.24. The van der Waals surface area contributed by atoms with Crippen LogP contribution in [0.1, 0.15) is 43.0 Å². The Kier molecular flexibility index (Phi) is 7.62. The summed E-state index contributed by atoms with van der Waals surface area (Å²) in [6, 6.07) is 10.1. The fourth-order valence-electron chi connectivity index (χ4n) is 4.24. The summed E-state index contributed by atoms with van der Waals surface area (Å²) in [4.78, 5) is 20.9. The quantitative estimate of drug-likeness (QED) is 0.362. The number of amides is 1. The van der Waals surface area contributed by atoms with Gasteiger partial charge in [-0.25, -0.2) is 14.4 Å². The van der Waals surface area contributed by atoms with E-state index >= 15 is 0 Å². The first-order chi connectivity index (χ1) is 16.8. The summed E-state index contributed by atoms with van der Waals surface area (Å²) >= 11 is 0. The third kappa shape index (κ3) is 5.95. The molecule has 186 valence electrons. The summed E-state index contributed by atoms with van der Waals surface area (Å²) in [7, 11) is 1.61. The Bertz CT molecular complexity index is 1210. The minimum atomic E-state index is -0.790. The van der Waals surface area contributed by atoms with E-state index in [1.807, 2.05) is 25.1 Å². The van der Waals surface area contributed by atoms with Crippen LogP contribution in [0.25, 0.3) is 10.9 Å². The largest absolute Gasteiger partial charge is 0.472 e. The topological polar surface area (TPSA) is 137 Å². The third-order valence-corrected chi connectivity index (χ3v) is 6.04. The van der Waals surface area contributed by atoms with Crippen LogP contribution in [0.3, 0.4) is 0 Å². The predicted molar refractivity (Wildman–Crippen MR) is 134 cm³/mol. The highest BCUT2D eigenvalue weighted by atomic mass is 19.1. The van der Waals surface area contributed by atoms with Gasteiger partial charge in [-0.2, -0.15) is 0 Å². The normalized spacial score (nSPS) is 18.7. The summed E-state index contributed by atoms with van der Waals surface area (Å²) in [5.41, 5.74) is 12.9. The van der Waals surface area contributed by atoms with Gasteiger partial charge < -0.3 is 31.6 Å². The number of halogens is 1. The maximum atomic E-state index is 14.8. The van der Waals surface area contributed by atoms with Crippen LogP contribution in [0.5, 0.6) is 5.88 Å². The SMILES string of the molecule is COCC(C)Oc1ccc2ccc(Nc3nc(NC4CCCCC4N)c(F)cc3C(N)=O)cc2n1. The van der Waals surface area contributed by atoms with Gasteiger partial charge in [0.2, 0.25) is 5.88 Å². The molecular formula is C25H31FN6O3. The molecule has 9 nitrogen and oxygen atoms in total. The number of fused-ring (bicyclic) bond motifs is 1. The molecule has 0 saturated heterocycles. The summed E-state index contributed by atoms with van der Waals surface area (Å²) in [6.07, 6.45) is 3.60. The molecule has 2 aromatic heterocycles. The Hall–Kier alpha value is -3.50. The van der Waals surface area contributed by atoms with Crippen LogP contribution in [-0.2, 0) is 4.74 Å². The average Bonchev–Trinajstić information content (AvgIpc) is 2.82. The Labute approximate surface area is 203 Å². The lowest BCUT2D eigenvalue weighted by molar-refractivity contribution is 0.0892. The van der Waals surface area contributed by atoms with Crippen LogP contribution in [0.15, 0.2) is 36.4 Å². The molecule has 3 aromatic rings. The molecule has 0 spiro atoms. The summed E-state index contributed by atoms with van der Waals surface area (Å²) in [5, 5.41) is 7.11. The highest BCUT2D eigenvalue weighted by molar-refractivity contribution is 5.99. The number of carbonyl (C=O) groups is 1. The Balaban J connectivity index is 1.62. The van der Waals surface area contributed by atoms with Crippen molar-refractivity contribution < 1.29 is 18.7 Å². The molecule has 0 bridgehead atoms. The van der Waals surface area contributed by atoms with E-state index < -0.39 is 11.7 Å². The van der Waals surface area contributed by atoms with E-state index in [1.54, 1.807) is 19.2 Å². The van der Waals surface area contributed by atoms with Crippen LogP contribution in [0, 0.1) is 5.82 Å². The molecule has 1 fully saturated rings. The van der Waals surface area contributed by atoms with Crippen LogP contribution in [0.4, 0.5) is 21.7 Å². The number of nitrogens with two attached hydrogens (primary N) is 2. The van der Waals surface area contributed by atoms with Gasteiger partial charge in [-0.3, -0.25) is 4.79 Å². The first-order valence-electron chi connectivity index (χ1n) is 11.7. The van der Waals surface area contributed by atoms with Crippen LogP contribution in [-0.4, -0.2) is 47.8 Å². The number of anilines is 3. The zero-order chi connectivity index (χ0) is 24.9. The van der Waals surface area contributed by atoms with E-state index in [2.05, 4.69) is 20.6 Å². The molecule has 1 saturated carbocycles. The zero-order valence-electron chi connectivity index (χ0n) is 19.9. The number of hydrogen-bond donors (Lipinski definition) is 4. The Morgan fingerprint density at radius 2 is 1.94 bits per heavy atom. The second-order valence-electron chi connectivity index (χ2n) is 8.84. The molecule has 1 amide bonds. The van der Waals surface area contributed by atoms with Gasteiger partial charge in [0.1, 0.15) is 11.9 Å². The smallest absolute Gasteiger partial charge is 0.252 e. The molecule has 1 aliphatic rings. The van der Waals surface area contributed by atoms with Crippen molar-refractivity contribution in [2.45, 2.75) is 50.8 Å². The molecule has 1 aliphatic carbocycles. The monoisotopic (exact) mass is 482 g/mol. The van der Waals surface area contributed by atoms with Crippen LogP contribution >= 0.6 is 0 Å². The molecule has 0 radical (unpaired) electrons. The number of rotatable bonds is 9.